The van der Waals surface area contributed by atoms with Crippen molar-refractivity contribution in [3.05, 3.63) is 95.3 Å². The van der Waals surface area contributed by atoms with E-state index >= 15 is 0 Å². The first-order valence-electron chi connectivity index (χ1n) is 15.2. The minimum Gasteiger partial charge on any atom is -0.437 e. The maximum absolute atomic E-state index is 9.47. The first-order valence-corrected chi connectivity index (χ1v) is 11.2. The third-order valence-electron chi connectivity index (χ3n) is 6.56. The van der Waals surface area contributed by atoms with Crippen LogP contribution in [0, 0.1) is 13.7 Å². The first kappa shape index (κ1) is 13.3. The van der Waals surface area contributed by atoms with Gasteiger partial charge < -0.3 is 4.42 Å². The summed E-state index contributed by atoms with van der Waals surface area (Å²) in [7, 11) is 0. The van der Waals surface area contributed by atoms with Crippen LogP contribution in [0.25, 0.3) is 33.3 Å². The van der Waals surface area contributed by atoms with Crippen LogP contribution < -0.4 is 0 Å². The molecule has 0 saturated heterocycles. The Kier molecular flexibility index (Phi) is 3.28. The molecule has 0 N–H and O–H groups in total. The second kappa shape index (κ2) is 8.15. The Morgan fingerprint density at radius 3 is 2.55 bits per heavy atom. The summed E-state index contributed by atoms with van der Waals surface area (Å²) in [4.78, 5) is 8.74. The molecule has 0 atom stereocenters. The number of para-hydroxylation sites is 1. The molecule has 0 unspecified atom stereocenters. The Labute approximate surface area is 205 Å². The van der Waals surface area contributed by atoms with Crippen LogP contribution in [0.2, 0.25) is 0 Å². The van der Waals surface area contributed by atoms with Gasteiger partial charge in [-0.3, -0.25) is 4.98 Å². The predicted octanol–water partition coefficient (Wildman–Crippen LogP) is 8.10. The maximum Gasteiger partial charge on any atom is 0.227 e. The lowest BCUT2D eigenvalue weighted by molar-refractivity contribution is 0.395. The highest BCUT2D eigenvalue weighted by Gasteiger charge is 2.25. The number of aryl methyl sites for hydroxylation is 2. The van der Waals surface area contributed by atoms with Crippen molar-refractivity contribution in [2.24, 2.45) is 0 Å². The predicted molar refractivity (Wildman–Crippen MR) is 135 cm³/mol. The van der Waals surface area contributed by atoms with E-state index in [4.69, 9.17) is 14.0 Å². The molecule has 0 spiro atoms. The highest BCUT2D eigenvalue weighted by Crippen LogP contribution is 2.42. The van der Waals surface area contributed by atoms with Gasteiger partial charge in [0.1, 0.15) is 5.58 Å². The van der Waals surface area contributed by atoms with Crippen molar-refractivity contribution in [1.82, 2.24) is 9.97 Å². The molecule has 164 valence electrons. The summed E-state index contributed by atoms with van der Waals surface area (Å²) in [6.45, 7) is -4.85. The SMILES string of the molecule is [2H]C([2H])([2H])c1ccc2c(n1)oc1c(-c3cc(C4([2H])CCC([2H])(c5ccccc5)CC4)c(C([2H])([2H])[2H])cn3)cccc12. The lowest BCUT2D eigenvalue weighted by Gasteiger charge is -2.30. The van der Waals surface area contributed by atoms with Crippen LogP contribution >= 0.6 is 0 Å². The van der Waals surface area contributed by atoms with Gasteiger partial charge in [-0.15, -0.1) is 0 Å². The van der Waals surface area contributed by atoms with Crippen molar-refractivity contribution < 1.29 is 15.4 Å². The molecule has 0 bridgehead atoms. The zero-order valence-corrected chi connectivity index (χ0v) is 18.1. The Morgan fingerprint density at radius 1 is 0.879 bits per heavy atom. The van der Waals surface area contributed by atoms with Crippen LogP contribution in [-0.4, -0.2) is 9.97 Å². The average molecular weight is 441 g/mol. The Morgan fingerprint density at radius 2 is 1.73 bits per heavy atom. The summed E-state index contributed by atoms with van der Waals surface area (Å²) in [5.41, 5.74) is 2.94. The van der Waals surface area contributed by atoms with Crippen LogP contribution in [0.1, 0.15) is 70.8 Å². The summed E-state index contributed by atoms with van der Waals surface area (Å²) < 4.78 is 72.2. The van der Waals surface area contributed by atoms with E-state index in [0.29, 0.717) is 53.5 Å². The van der Waals surface area contributed by atoms with Crippen LogP contribution in [0.3, 0.4) is 0 Å². The largest absolute Gasteiger partial charge is 0.437 e. The van der Waals surface area contributed by atoms with Gasteiger partial charge in [0.05, 0.1) is 5.69 Å². The average Bonchev–Trinajstić information content (AvgIpc) is 3.32. The highest BCUT2D eigenvalue weighted by atomic mass is 16.3. The van der Waals surface area contributed by atoms with Gasteiger partial charge in [-0.25, -0.2) is 4.98 Å². The molecule has 1 aliphatic carbocycles. The fourth-order valence-corrected chi connectivity index (χ4v) is 4.86. The Bertz CT molecular complexity index is 1750. The van der Waals surface area contributed by atoms with Gasteiger partial charge in [-0.05, 0) is 92.1 Å². The van der Waals surface area contributed by atoms with Gasteiger partial charge in [0, 0.05) is 39.2 Å². The van der Waals surface area contributed by atoms with Crippen molar-refractivity contribution >= 4 is 22.1 Å². The van der Waals surface area contributed by atoms with Gasteiger partial charge in [0.15, 0.2) is 0 Å². The molecule has 0 amide bonds. The maximum atomic E-state index is 9.47. The smallest absolute Gasteiger partial charge is 0.227 e. The Balaban J connectivity index is 1.45. The van der Waals surface area contributed by atoms with E-state index in [1.165, 1.54) is 12.3 Å². The van der Waals surface area contributed by atoms with Gasteiger partial charge in [0.2, 0.25) is 5.71 Å². The van der Waals surface area contributed by atoms with Crippen LogP contribution in [0.4, 0.5) is 0 Å². The van der Waals surface area contributed by atoms with Gasteiger partial charge in [-0.2, -0.15) is 0 Å². The molecule has 3 nitrogen and oxygen atoms in total. The van der Waals surface area contributed by atoms with Crippen LogP contribution in [-0.2, 0) is 0 Å². The molecule has 0 aliphatic heterocycles. The minimum atomic E-state index is -2.47. The number of hydrogen-bond donors (Lipinski definition) is 0. The molecule has 1 aliphatic rings. The summed E-state index contributed by atoms with van der Waals surface area (Å²) in [5.74, 6) is -2.04. The van der Waals surface area contributed by atoms with E-state index < -0.39 is 25.5 Å². The molecule has 5 aromatic rings. The van der Waals surface area contributed by atoms with Crippen molar-refractivity contribution in [3.63, 3.8) is 0 Å². The lowest BCUT2D eigenvalue weighted by Crippen LogP contribution is -2.13. The van der Waals surface area contributed by atoms with E-state index in [1.54, 1.807) is 18.2 Å². The first-order chi connectivity index (χ1) is 19.3. The fraction of sp³-hybridized carbons (Fsp3) is 0.267. The quantitative estimate of drug-likeness (QED) is 0.284. The van der Waals surface area contributed by atoms with E-state index in [2.05, 4.69) is 9.97 Å². The lowest BCUT2D eigenvalue weighted by atomic mass is 9.75. The van der Waals surface area contributed by atoms with E-state index in [9.17, 15) is 1.37 Å². The number of pyridine rings is 2. The summed E-state index contributed by atoms with van der Waals surface area (Å²) >= 11 is 0. The summed E-state index contributed by atoms with van der Waals surface area (Å²) in [6, 6.07) is 19.9. The van der Waals surface area contributed by atoms with Crippen molar-refractivity contribution in [1.29, 1.82) is 0 Å². The van der Waals surface area contributed by atoms with Crippen LogP contribution in [0.5, 0.6) is 0 Å². The zero-order valence-electron chi connectivity index (χ0n) is 26.1. The Hall–Kier alpha value is -3.46. The van der Waals surface area contributed by atoms with Gasteiger partial charge >= 0.3 is 0 Å². The molecule has 33 heavy (non-hydrogen) atoms. The number of hydrogen-bond acceptors (Lipinski definition) is 3. The highest BCUT2D eigenvalue weighted by molar-refractivity contribution is 6.08. The number of benzene rings is 2. The van der Waals surface area contributed by atoms with Crippen LogP contribution in [0.15, 0.2) is 77.3 Å². The molecule has 2 aromatic carbocycles. The van der Waals surface area contributed by atoms with E-state index in [-0.39, 0.29) is 17.0 Å². The molecular weight excluding hydrogens is 404 g/mol. The van der Waals surface area contributed by atoms with Gasteiger partial charge in [-0.1, -0.05) is 42.5 Å². The topological polar surface area (TPSA) is 38.9 Å². The molecule has 1 fully saturated rings. The van der Waals surface area contributed by atoms with Crippen molar-refractivity contribution in [3.8, 4) is 11.3 Å². The number of furan rings is 1. The monoisotopic (exact) mass is 440 g/mol. The summed E-state index contributed by atoms with van der Waals surface area (Å²) in [6.07, 6.45) is 2.84. The molecule has 3 heteroatoms. The molecule has 0 radical (unpaired) electrons. The van der Waals surface area contributed by atoms with E-state index in [1.807, 2.05) is 42.5 Å². The normalized spacial score (nSPS) is 27.5. The minimum absolute atomic E-state index is 0.0363. The molecule has 3 aromatic heterocycles. The fourth-order valence-electron chi connectivity index (χ4n) is 4.86. The molecule has 1 saturated carbocycles. The third kappa shape index (κ3) is 3.62. The molecule has 6 rings (SSSR count). The van der Waals surface area contributed by atoms with Gasteiger partial charge in [0.25, 0.3) is 0 Å². The summed E-state index contributed by atoms with van der Waals surface area (Å²) in [5, 5.41) is 1.39. The molecule has 3 heterocycles. The number of fused-ring (bicyclic) bond motifs is 3. The standard InChI is InChI=1S/C30H28N2O/c1-19-18-31-28(17-27(19)23-14-12-22(13-15-23)21-7-4-3-5-8-21)26-10-6-9-24-25-16-11-20(2)32-30(25)33-29(24)26/h3-11,16-18,22-23H,12-15H2,1-2H3/i1D3,2D3,22D,23D. The number of rotatable bonds is 3. The molecular formula is C30H28N2O. The second-order valence-corrected chi connectivity index (χ2v) is 8.52. The second-order valence-electron chi connectivity index (χ2n) is 8.52. The third-order valence-corrected chi connectivity index (χ3v) is 6.56. The van der Waals surface area contributed by atoms with E-state index in [0.717, 1.165) is 10.9 Å². The van der Waals surface area contributed by atoms with Crippen molar-refractivity contribution in [2.45, 2.75) is 51.2 Å². The number of aromatic nitrogens is 2. The zero-order chi connectivity index (χ0) is 29.2. The van der Waals surface area contributed by atoms with Crippen molar-refractivity contribution in [2.75, 3.05) is 0 Å². The number of nitrogens with zero attached hydrogens (tertiary/aromatic N) is 2.